The van der Waals surface area contributed by atoms with Crippen molar-refractivity contribution in [2.45, 2.75) is 59.3 Å². The number of aromatic hydroxyl groups is 1. The number of hydrogen-bond acceptors (Lipinski definition) is 2. The lowest BCUT2D eigenvalue weighted by molar-refractivity contribution is 0.391. The van der Waals surface area contributed by atoms with Crippen LogP contribution in [0.2, 0.25) is 0 Å². The number of phenolic OH excluding ortho intramolecular Hbond substituents is 1. The molecule has 0 saturated heterocycles. The van der Waals surface area contributed by atoms with Crippen LogP contribution < -0.4 is 4.74 Å². The summed E-state index contributed by atoms with van der Waals surface area (Å²) in [5.74, 6) is 1.26. The summed E-state index contributed by atoms with van der Waals surface area (Å²) >= 11 is 0. The van der Waals surface area contributed by atoms with Crippen LogP contribution in [0.1, 0.15) is 58.2 Å². The van der Waals surface area contributed by atoms with E-state index in [1.54, 1.807) is 7.11 Å². The van der Waals surface area contributed by atoms with E-state index in [1.807, 2.05) is 13.0 Å². The topological polar surface area (TPSA) is 29.5 Å². The molecule has 0 aliphatic rings. The highest BCUT2D eigenvalue weighted by molar-refractivity contribution is 5.57. The molecule has 0 spiro atoms. The fraction of sp³-hybridized carbons (Fsp3) is 0.625. The van der Waals surface area contributed by atoms with E-state index in [4.69, 9.17) is 4.74 Å². The fourth-order valence-corrected chi connectivity index (χ4v) is 2.44. The van der Waals surface area contributed by atoms with Crippen molar-refractivity contribution in [2.24, 2.45) is 0 Å². The van der Waals surface area contributed by atoms with E-state index >= 15 is 0 Å². The quantitative estimate of drug-likeness (QED) is 0.805. The molecule has 0 aliphatic carbocycles. The Morgan fingerprint density at radius 1 is 1.00 bits per heavy atom. The van der Waals surface area contributed by atoms with Gasteiger partial charge in [0, 0.05) is 11.1 Å². The zero-order valence-electron chi connectivity index (χ0n) is 12.9. The van der Waals surface area contributed by atoms with Crippen LogP contribution in [0, 0.1) is 6.92 Å². The first-order valence-electron chi connectivity index (χ1n) is 6.41. The lowest BCUT2D eigenvalue weighted by atomic mass is 9.77. The molecular formula is C16H26O2. The monoisotopic (exact) mass is 250 g/mol. The van der Waals surface area contributed by atoms with Gasteiger partial charge in [-0.2, -0.15) is 0 Å². The van der Waals surface area contributed by atoms with Crippen molar-refractivity contribution in [1.82, 2.24) is 0 Å². The first-order chi connectivity index (χ1) is 8.00. The molecule has 1 N–H and O–H groups in total. The highest BCUT2D eigenvalue weighted by Crippen LogP contribution is 2.44. The number of benzene rings is 1. The largest absolute Gasteiger partial charge is 0.507 e. The van der Waals surface area contributed by atoms with E-state index in [1.165, 1.54) is 0 Å². The van der Waals surface area contributed by atoms with Gasteiger partial charge in [-0.25, -0.2) is 0 Å². The Labute approximate surface area is 111 Å². The van der Waals surface area contributed by atoms with Gasteiger partial charge in [0.15, 0.2) is 0 Å². The highest BCUT2D eigenvalue weighted by Gasteiger charge is 2.29. The van der Waals surface area contributed by atoms with Crippen LogP contribution >= 0.6 is 0 Å². The molecule has 1 aromatic carbocycles. The number of phenols is 1. The summed E-state index contributed by atoms with van der Waals surface area (Å²) in [6, 6.07) is 1.96. The van der Waals surface area contributed by atoms with Gasteiger partial charge in [0.25, 0.3) is 0 Å². The maximum absolute atomic E-state index is 10.6. The Hall–Kier alpha value is -1.18. The number of hydrogen-bond donors (Lipinski definition) is 1. The maximum atomic E-state index is 10.6. The first kappa shape index (κ1) is 14.9. The van der Waals surface area contributed by atoms with Crippen LogP contribution in [0.25, 0.3) is 0 Å². The minimum absolute atomic E-state index is 0.106. The predicted molar refractivity (Wildman–Crippen MR) is 76.8 cm³/mol. The van der Waals surface area contributed by atoms with Gasteiger partial charge in [0.1, 0.15) is 11.5 Å². The Bertz CT molecular complexity index is 446. The smallest absolute Gasteiger partial charge is 0.123 e. The summed E-state index contributed by atoms with van der Waals surface area (Å²) in [6.45, 7) is 14.6. The molecular weight excluding hydrogens is 224 g/mol. The second-order valence-corrected chi connectivity index (χ2v) is 6.97. The van der Waals surface area contributed by atoms with Crippen molar-refractivity contribution >= 4 is 0 Å². The van der Waals surface area contributed by atoms with E-state index in [9.17, 15) is 5.11 Å². The van der Waals surface area contributed by atoms with Crippen molar-refractivity contribution in [2.75, 3.05) is 7.11 Å². The van der Waals surface area contributed by atoms with Gasteiger partial charge in [-0.15, -0.1) is 0 Å². The molecule has 0 aromatic heterocycles. The molecule has 2 heteroatoms. The Morgan fingerprint density at radius 3 is 1.83 bits per heavy atom. The molecule has 18 heavy (non-hydrogen) atoms. The molecule has 0 radical (unpaired) electrons. The summed E-state index contributed by atoms with van der Waals surface area (Å²) in [5, 5.41) is 10.6. The molecule has 0 saturated carbocycles. The molecule has 0 atom stereocenters. The Kier molecular flexibility index (Phi) is 3.71. The van der Waals surface area contributed by atoms with E-state index in [2.05, 4.69) is 41.5 Å². The standard InChI is InChI=1S/C16H26O2/c1-10-12(18-8)9-11(15(2,3)4)14(17)13(10)16(5,6)7/h9,17H,1-8H3. The van der Waals surface area contributed by atoms with Gasteiger partial charge >= 0.3 is 0 Å². The molecule has 0 aliphatic heterocycles. The third-order valence-corrected chi connectivity index (χ3v) is 3.29. The van der Waals surface area contributed by atoms with Gasteiger partial charge in [-0.1, -0.05) is 41.5 Å². The summed E-state index contributed by atoms with van der Waals surface area (Å²) in [6.07, 6.45) is 0. The minimum atomic E-state index is -0.108. The normalized spacial score (nSPS) is 12.7. The van der Waals surface area contributed by atoms with Gasteiger partial charge in [-0.3, -0.25) is 0 Å². The second-order valence-electron chi connectivity index (χ2n) is 6.97. The maximum Gasteiger partial charge on any atom is 0.123 e. The molecule has 1 aromatic rings. The highest BCUT2D eigenvalue weighted by atomic mass is 16.5. The molecule has 2 nitrogen and oxygen atoms in total. The van der Waals surface area contributed by atoms with Crippen molar-refractivity contribution < 1.29 is 9.84 Å². The lowest BCUT2D eigenvalue weighted by Gasteiger charge is -2.30. The minimum Gasteiger partial charge on any atom is -0.507 e. The van der Waals surface area contributed by atoms with Gasteiger partial charge in [-0.05, 0) is 29.4 Å². The molecule has 0 amide bonds. The van der Waals surface area contributed by atoms with Crippen molar-refractivity contribution in [3.63, 3.8) is 0 Å². The van der Waals surface area contributed by atoms with Crippen molar-refractivity contribution in [3.8, 4) is 11.5 Å². The zero-order chi connectivity index (χ0) is 14.3. The van der Waals surface area contributed by atoms with Crippen molar-refractivity contribution in [3.05, 3.63) is 22.8 Å². The van der Waals surface area contributed by atoms with Crippen LogP contribution in [-0.2, 0) is 10.8 Å². The van der Waals surface area contributed by atoms with Crippen molar-refractivity contribution in [1.29, 1.82) is 0 Å². The average molecular weight is 250 g/mol. The van der Waals surface area contributed by atoms with Crippen LogP contribution in [-0.4, -0.2) is 12.2 Å². The summed E-state index contributed by atoms with van der Waals surface area (Å²) in [4.78, 5) is 0. The molecule has 0 unspecified atom stereocenters. The van der Waals surface area contributed by atoms with E-state index in [-0.39, 0.29) is 10.8 Å². The summed E-state index contributed by atoms with van der Waals surface area (Å²) in [5.41, 5.74) is 2.73. The zero-order valence-corrected chi connectivity index (χ0v) is 12.9. The fourth-order valence-electron chi connectivity index (χ4n) is 2.44. The lowest BCUT2D eigenvalue weighted by Crippen LogP contribution is -2.19. The number of rotatable bonds is 1. The number of methoxy groups -OCH3 is 1. The van der Waals surface area contributed by atoms with Crippen LogP contribution in [0.15, 0.2) is 6.07 Å². The summed E-state index contributed by atoms with van der Waals surface area (Å²) in [7, 11) is 1.68. The van der Waals surface area contributed by atoms with Crippen LogP contribution in [0.3, 0.4) is 0 Å². The Balaban J connectivity index is 3.71. The molecule has 1 rings (SSSR count). The van der Waals surface area contributed by atoms with E-state index in [0.717, 1.165) is 22.4 Å². The number of ether oxygens (including phenoxy) is 1. The van der Waals surface area contributed by atoms with Gasteiger partial charge in [0.2, 0.25) is 0 Å². The summed E-state index contributed by atoms with van der Waals surface area (Å²) < 4.78 is 5.46. The third kappa shape index (κ3) is 2.63. The predicted octanol–water partition coefficient (Wildman–Crippen LogP) is 4.30. The second kappa shape index (κ2) is 4.49. The Morgan fingerprint density at radius 2 is 1.50 bits per heavy atom. The molecule has 0 heterocycles. The SMILES string of the molecule is COc1cc(C(C)(C)C)c(O)c(C(C)(C)C)c1C. The van der Waals surface area contributed by atoms with Gasteiger partial charge < -0.3 is 9.84 Å². The average Bonchev–Trinajstić information content (AvgIpc) is 2.13. The molecule has 0 bridgehead atoms. The molecule has 0 fully saturated rings. The van der Waals surface area contributed by atoms with Gasteiger partial charge in [0.05, 0.1) is 7.11 Å². The van der Waals surface area contributed by atoms with Crippen LogP contribution in [0.5, 0.6) is 11.5 Å². The van der Waals surface area contributed by atoms with E-state index < -0.39 is 0 Å². The van der Waals surface area contributed by atoms with Crippen LogP contribution in [0.4, 0.5) is 0 Å². The first-order valence-corrected chi connectivity index (χ1v) is 6.41. The molecule has 102 valence electrons. The third-order valence-electron chi connectivity index (χ3n) is 3.29. The van der Waals surface area contributed by atoms with E-state index in [0.29, 0.717) is 5.75 Å².